The van der Waals surface area contributed by atoms with Crippen molar-refractivity contribution in [2.45, 2.75) is 37.8 Å². The van der Waals surface area contributed by atoms with Crippen LogP contribution in [0.2, 0.25) is 0 Å². The normalized spacial score (nSPS) is 17.9. The second kappa shape index (κ2) is 5.95. The van der Waals surface area contributed by atoms with Crippen LogP contribution in [0.4, 0.5) is 0 Å². The summed E-state index contributed by atoms with van der Waals surface area (Å²) < 4.78 is 6.78. The van der Waals surface area contributed by atoms with Gasteiger partial charge in [0.2, 0.25) is 0 Å². The first-order chi connectivity index (χ1) is 11.1. The van der Waals surface area contributed by atoms with E-state index in [0.29, 0.717) is 11.8 Å². The maximum absolute atomic E-state index is 12.9. The van der Waals surface area contributed by atoms with Crippen LogP contribution in [0.15, 0.2) is 33.2 Å². The van der Waals surface area contributed by atoms with Crippen molar-refractivity contribution < 1.29 is 9.21 Å². The summed E-state index contributed by atoms with van der Waals surface area (Å²) in [6.45, 7) is 1.73. The third kappa shape index (κ3) is 3.31. The van der Waals surface area contributed by atoms with Crippen molar-refractivity contribution in [1.82, 2.24) is 9.80 Å². The molecule has 0 saturated heterocycles. The zero-order chi connectivity index (χ0) is 16.0. The van der Waals surface area contributed by atoms with E-state index in [1.807, 2.05) is 29.2 Å². The lowest BCUT2D eigenvalue weighted by Gasteiger charge is -2.24. The Morgan fingerprint density at radius 2 is 1.91 bits per heavy atom. The van der Waals surface area contributed by atoms with Gasteiger partial charge in [-0.2, -0.15) is 0 Å². The quantitative estimate of drug-likeness (QED) is 0.766. The lowest BCUT2D eigenvalue weighted by atomic mass is 10.2. The standard InChI is InChI=1S/C18H21BrN2O2/c1-20(14-3-4-14)8-9-21(15-5-6-15)18(22)17-11-12-10-13(19)2-7-16(12)23-17/h2,7,10-11,14-15H,3-6,8-9H2,1H3. The highest BCUT2D eigenvalue weighted by Crippen LogP contribution is 2.31. The van der Waals surface area contributed by atoms with Gasteiger partial charge in [0.25, 0.3) is 5.91 Å². The average Bonchev–Trinajstić information content (AvgIpc) is 3.43. The van der Waals surface area contributed by atoms with E-state index in [2.05, 4.69) is 27.9 Å². The summed E-state index contributed by atoms with van der Waals surface area (Å²) in [5.74, 6) is 0.489. The fourth-order valence-corrected chi connectivity index (χ4v) is 3.44. The smallest absolute Gasteiger partial charge is 0.289 e. The molecule has 1 aromatic heterocycles. The van der Waals surface area contributed by atoms with Crippen molar-refractivity contribution in [1.29, 1.82) is 0 Å². The minimum absolute atomic E-state index is 0.0315. The first kappa shape index (κ1) is 15.2. The fourth-order valence-electron chi connectivity index (χ4n) is 3.06. The summed E-state index contributed by atoms with van der Waals surface area (Å²) in [6.07, 6.45) is 4.83. The molecule has 2 aromatic rings. The van der Waals surface area contributed by atoms with Gasteiger partial charge in [-0.1, -0.05) is 15.9 Å². The number of halogens is 1. The summed E-state index contributed by atoms with van der Waals surface area (Å²) in [7, 11) is 2.16. The second-order valence-electron chi connectivity index (χ2n) is 6.73. The molecule has 0 N–H and O–H groups in total. The molecular weight excluding hydrogens is 356 g/mol. The molecular formula is C18H21BrN2O2. The third-order valence-corrected chi connectivity index (χ3v) is 5.29. The van der Waals surface area contributed by atoms with E-state index in [0.717, 1.165) is 47.4 Å². The van der Waals surface area contributed by atoms with E-state index in [-0.39, 0.29) is 5.91 Å². The predicted molar refractivity (Wildman–Crippen MR) is 93.6 cm³/mol. The van der Waals surface area contributed by atoms with E-state index in [1.54, 1.807) is 0 Å². The lowest BCUT2D eigenvalue weighted by Crippen LogP contribution is -2.39. The molecule has 1 aromatic carbocycles. The number of amides is 1. The number of carbonyl (C=O) groups excluding carboxylic acids is 1. The monoisotopic (exact) mass is 376 g/mol. The number of furan rings is 1. The van der Waals surface area contributed by atoms with Crippen LogP contribution in [-0.4, -0.2) is 47.9 Å². The Kier molecular flexibility index (Phi) is 3.93. The van der Waals surface area contributed by atoms with Crippen LogP contribution in [0.1, 0.15) is 36.2 Å². The van der Waals surface area contributed by atoms with Crippen molar-refractivity contribution in [3.63, 3.8) is 0 Å². The molecule has 2 saturated carbocycles. The van der Waals surface area contributed by atoms with Gasteiger partial charge in [-0.05, 0) is 57.0 Å². The number of hydrogen-bond acceptors (Lipinski definition) is 3. The second-order valence-corrected chi connectivity index (χ2v) is 7.65. The molecule has 23 heavy (non-hydrogen) atoms. The molecule has 0 atom stereocenters. The zero-order valence-corrected chi connectivity index (χ0v) is 14.9. The van der Waals surface area contributed by atoms with Gasteiger partial charge in [-0.25, -0.2) is 0 Å². The SMILES string of the molecule is CN(CCN(C(=O)c1cc2cc(Br)ccc2o1)C1CC1)C1CC1. The van der Waals surface area contributed by atoms with Gasteiger partial charge in [0, 0.05) is 35.0 Å². The predicted octanol–water partition coefficient (Wildman–Crippen LogP) is 3.89. The maximum atomic E-state index is 12.9. The molecule has 1 heterocycles. The summed E-state index contributed by atoms with van der Waals surface area (Å²) in [5, 5.41) is 0.966. The van der Waals surface area contributed by atoms with Crippen molar-refractivity contribution in [3.05, 3.63) is 34.5 Å². The van der Waals surface area contributed by atoms with Gasteiger partial charge in [0.05, 0.1) is 0 Å². The average molecular weight is 377 g/mol. The van der Waals surface area contributed by atoms with Crippen molar-refractivity contribution in [2.75, 3.05) is 20.1 Å². The number of hydrogen-bond donors (Lipinski definition) is 0. The maximum Gasteiger partial charge on any atom is 0.289 e. The van der Waals surface area contributed by atoms with Crippen LogP contribution in [0, 0.1) is 0 Å². The largest absolute Gasteiger partial charge is 0.451 e. The van der Waals surface area contributed by atoms with E-state index >= 15 is 0 Å². The van der Waals surface area contributed by atoms with Gasteiger partial charge in [-0.3, -0.25) is 4.79 Å². The molecule has 1 amide bonds. The molecule has 122 valence electrons. The first-order valence-corrected chi connectivity index (χ1v) is 9.11. The number of likely N-dealkylation sites (N-methyl/N-ethyl adjacent to an activating group) is 1. The number of fused-ring (bicyclic) bond motifs is 1. The van der Waals surface area contributed by atoms with Crippen molar-refractivity contribution in [3.8, 4) is 0 Å². The molecule has 4 rings (SSSR count). The summed E-state index contributed by atoms with van der Waals surface area (Å²) >= 11 is 3.46. The highest BCUT2D eigenvalue weighted by molar-refractivity contribution is 9.10. The van der Waals surface area contributed by atoms with E-state index in [4.69, 9.17) is 4.42 Å². The Morgan fingerprint density at radius 1 is 1.17 bits per heavy atom. The lowest BCUT2D eigenvalue weighted by molar-refractivity contribution is 0.0696. The summed E-state index contributed by atoms with van der Waals surface area (Å²) in [4.78, 5) is 17.3. The molecule has 0 bridgehead atoms. The molecule has 2 aliphatic carbocycles. The highest BCUT2D eigenvalue weighted by atomic mass is 79.9. The Bertz CT molecular complexity index is 734. The number of rotatable bonds is 6. The van der Waals surface area contributed by atoms with Crippen molar-refractivity contribution >= 4 is 32.8 Å². The topological polar surface area (TPSA) is 36.7 Å². The van der Waals surface area contributed by atoms with Crippen LogP contribution >= 0.6 is 15.9 Å². The number of carbonyl (C=O) groups is 1. The molecule has 0 spiro atoms. The molecule has 5 heteroatoms. The first-order valence-electron chi connectivity index (χ1n) is 8.32. The Labute approximate surface area is 144 Å². The Morgan fingerprint density at radius 3 is 2.61 bits per heavy atom. The van der Waals surface area contributed by atoms with Crippen LogP contribution in [0.3, 0.4) is 0 Å². The van der Waals surface area contributed by atoms with Gasteiger partial charge >= 0.3 is 0 Å². The zero-order valence-electron chi connectivity index (χ0n) is 13.3. The van der Waals surface area contributed by atoms with E-state index in [9.17, 15) is 4.79 Å². The molecule has 0 aliphatic heterocycles. The third-order valence-electron chi connectivity index (χ3n) is 4.80. The summed E-state index contributed by atoms with van der Waals surface area (Å²) in [6, 6.07) is 8.81. The van der Waals surface area contributed by atoms with Gasteiger partial charge in [0.15, 0.2) is 5.76 Å². The van der Waals surface area contributed by atoms with Crippen LogP contribution < -0.4 is 0 Å². The molecule has 0 radical (unpaired) electrons. The van der Waals surface area contributed by atoms with Crippen LogP contribution in [0.25, 0.3) is 11.0 Å². The Balaban J connectivity index is 1.51. The minimum atomic E-state index is 0.0315. The van der Waals surface area contributed by atoms with Gasteiger partial charge in [-0.15, -0.1) is 0 Å². The number of benzene rings is 1. The molecule has 2 fully saturated rings. The van der Waals surface area contributed by atoms with E-state index in [1.165, 1.54) is 12.8 Å². The van der Waals surface area contributed by atoms with Crippen LogP contribution in [0.5, 0.6) is 0 Å². The molecule has 2 aliphatic rings. The highest BCUT2D eigenvalue weighted by Gasteiger charge is 2.35. The van der Waals surface area contributed by atoms with Crippen molar-refractivity contribution in [2.24, 2.45) is 0 Å². The van der Waals surface area contributed by atoms with Gasteiger partial charge in [0.1, 0.15) is 5.58 Å². The van der Waals surface area contributed by atoms with Crippen LogP contribution in [-0.2, 0) is 0 Å². The fraction of sp³-hybridized carbons (Fsp3) is 0.500. The minimum Gasteiger partial charge on any atom is -0.451 e. The Hall–Kier alpha value is -1.33. The molecule has 4 nitrogen and oxygen atoms in total. The number of nitrogens with zero attached hydrogens (tertiary/aromatic N) is 2. The summed E-state index contributed by atoms with van der Waals surface area (Å²) in [5.41, 5.74) is 0.766. The molecule has 0 unspecified atom stereocenters. The van der Waals surface area contributed by atoms with E-state index < -0.39 is 0 Å². The van der Waals surface area contributed by atoms with Gasteiger partial charge < -0.3 is 14.2 Å².